The van der Waals surface area contributed by atoms with Crippen molar-refractivity contribution in [2.24, 2.45) is 5.73 Å². The molecule has 0 saturated carbocycles. The fourth-order valence-electron chi connectivity index (χ4n) is 1.98. The number of benzene rings is 2. The molecule has 0 bridgehead atoms. The monoisotopic (exact) mass is 445 g/mol. The van der Waals surface area contributed by atoms with Gasteiger partial charge in [0.15, 0.2) is 0 Å². The van der Waals surface area contributed by atoms with E-state index < -0.39 is 0 Å². The van der Waals surface area contributed by atoms with Crippen molar-refractivity contribution < 1.29 is 4.74 Å². The molecule has 0 fully saturated rings. The molecule has 0 radical (unpaired) electrons. The number of para-hydroxylation sites is 1. The first-order valence-electron chi connectivity index (χ1n) is 6.54. The van der Waals surface area contributed by atoms with Crippen molar-refractivity contribution in [2.45, 2.75) is 25.5 Å². The molecule has 2 aromatic rings. The first-order valence-corrected chi connectivity index (χ1v) is 8.41. The van der Waals surface area contributed by atoms with E-state index in [0.717, 1.165) is 25.8 Å². The van der Waals surface area contributed by atoms with Crippen LogP contribution in [0.3, 0.4) is 0 Å². The summed E-state index contributed by atoms with van der Waals surface area (Å²) in [7, 11) is 0. The van der Waals surface area contributed by atoms with E-state index in [-0.39, 0.29) is 12.1 Å². The Kier molecular flexibility index (Phi) is 5.86. The molecule has 0 heterocycles. The van der Waals surface area contributed by atoms with Crippen LogP contribution in [0.5, 0.6) is 5.75 Å². The minimum Gasteiger partial charge on any atom is -0.483 e. The fourth-order valence-corrected chi connectivity index (χ4v) is 3.00. The van der Waals surface area contributed by atoms with Crippen molar-refractivity contribution in [1.29, 1.82) is 0 Å². The third-order valence-electron chi connectivity index (χ3n) is 3.16. The third-order valence-corrected chi connectivity index (χ3v) is 4.78. The van der Waals surface area contributed by atoms with Crippen LogP contribution in [0, 0.1) is 3.57 Å². The van der Waals surface area contributed by atoms with Gasteiger partial charge in [0.2, 0.25) is 0 Å². The Bertz CT molecular complexity index is 576. The molecule has 0 amide bonds. The molecule has 2 rings (SSSR count). The van der Waals surface area contributed by atoms with Crippen LogP contribution in [-0.2, 0) is 0 Å². The van der Waals surface area contributed by atoms with Crippen LogP contribution in [0.25, 0.3) is 0 Å². The van der Waals surface area contributed by atoms with Crippen LogP contribution >= 0.6 is 38.5 Å². The zero-order chi connectivity index (χ0) is 14.5. The van der Waals surface area contributed by atoms with E-state index in [1.54, 1.807) is 0 Å². The maximum atomic E-state index is 6.27. The summed E-state index contributed by atoms with van der Waals surface area (Å²) in [6.45, 7) is 2.08. The Morgan fingerprint density at radius 1 is 1.15 bits per heavy atom. The van der Waals surface area contributed by atoms with Gasteiger partial charge in [0, 0.05) is 16.1 Å². The lowest BCUT2D eigenvalue weighted by atomic mass is 10.0. The maximum absolute atomic E-state index is 6.27. The summed E-state index contributed by atoms with van der Waals surface area (Å²) in [6, 6.07) is 16.0. The van der Waals surface area contributed by atoms with Crippen LogP contribution in [0.4, 0.5) is 0 Å². The molecule has 0 aliphatic heterocycles. The molecular weight excluding hydrogens is 429 g/mol. The number of hydrogen-bond donors (Lipinski definition) is 1. The molecule has 20 heavy (non-hydrogen) atoms. The molecule has 0 aromatic heterocycles. The zero-order valence-corrected chi connectivity index (χ0v) is 15.0. The number of hydrogen-bond acceptors (Lipinski definition) is 2. The zero-order valence-electron chi connectivity index (χ0n) is 11.2. The van der Waals surface area contributed by atoms with E-state index in [4.69, 9.17) is 10.5 Å². The Balaban J connectivity index is 2.35. The van der Waals surface area contributed by atoms with Gasteiger partial charge in [-0.05, 0) is 47.2 Å². The molecule has 0 aliphatic rings. The third kappa shape index (κ3) is 3.74. The van der Waals surface area contributed by atoms with Crippen molar-refractivity contribution >= 4 is 38.5 Å². The van der Waals surface area contributed by atoms with Gasteiger partial charge in [0.1, 0.15) is 11.9 Å². The van der Waals surface area contributed by atoms with Gasteiger partial charge in [-0.1, -0.05) is 53.2 Å². The smallest absolute Gasteiger partial charge is 0.140 e. The Hall–Kier alpha value is -0.590. The highest BCUT2D eigenvalue weighted by Gasteiger charge is 2.23. The van der Waals surface area contributed by atoms with E-state index in [1.807, 2.05) is 42.5 Å². The quantitative estimate of drug-likeness (QED) is 0.663. The summed E-state index contributed by atoms with van der Waals surface area (Å²) in [6.07, 6.45) is 0.696. The average Bonchev–Trinajstić information content (AvgIpc) is 2.47. The van der Waals surface area contributed by atoms with Gasteiger partial charge in [-0.15, -0.1) is 0 Å². The molecule has 2 unspecified atom stereocenters. The topological polar surface area (TPSA) is 35.2 Å². The molecule has 0 aliphatic carbocycles. The molecule has 4 heteroatoms. The van der Waals surface area contributed by atoms with Crippen molar-refractivity contribution in [2.75, 3.05) is 0 Å². The first-order chi connectivity index (χ1) is 9.63. The largest absolute Gasteiger partial charge is 0.483 e. The van der Waals surface area contributed by atoms with Gasteiger partial charge in [0.05, 0.1) is 3.57 Å². The van der Waals surface area contributed by atoms with Gasteiger partial charge < -0.3 is 10.5 Å². The van der Waals surface area contributed by atoms with Gasteiger partial charge in [-0.25, -0.2) is 0 Å². The standard InChI is InChI=1S/C16H17BrINO/c1-2-14(19)16(11-7-3-4-8-12(11)17)20-15-10-6-5-9-13(15)18/h3-10,14,16H,2,19H2,1H3. The highest BCUT2D eigenvalue weighted by molar-refractivity contribution is 14.1. The molecule has 106 valence electrons. The predicted molar refractivity (Wildman–Crippen MR) is 94.9 cm³/mol. The molecule has 2 nitrogen and oxygen atoms in total. The van der Waals surface area contributed by atoms with Crippen molar-refractivity contribution in [3.05, 3.63) is 62.1 Å². The molecule has 2 aromatic carbocycles. The highest BCUT2D eigenvalue weighted by atomic mass is 127. The van der Waals surface area contributed by atoms with E-state index in [2.05, 4.69) is 51.5 Å². The molecule has 0 spiro atoms. The van der Waals surface area contributed by atoms with Gasteiger partial charge in [-0.3, -0.25) is 0 Å². The molecule has 2 N–H and O–H groups in total. The summed E-state index contributed by atoms with van der Waals surface area (Å²) in [5.41, 5.74) is 7.35. The van der Waals surface area contributed by atoms with Crippen LogP contribution in [-0.4, -0.2) is 6.04 Å². The minimum absolute atomic E-state index is 0.0512. The Morgan fingerprint density at radius 3 is 2.45 bits per heavy atom. The lowest BCUT2D eigenvalue weighted by Crippen LogP contribution is -2.31. The van der Waals surface area contributed by atoms with Gasteiger partial charge in [0.25, 0.3) is 0 Å². The Labute approximate surface area is 142 Å². The van der Waals surface area contributed by atoms with Crippen LogP contribution in [0.1, 0.15) is 25.0 Å². The van der Waals surface area contributed by atoms with Crippen molar-refractivity contribution in [3.8, 4) is 5.75 Å². The van der Waals surface area contributed by atoms with Crippen molar-refractivity contribution in [1.82, 2.24) is 0 Å². The van der Waals surface area contributed by atoms with E-state index in [0.29, 0.717) is 0 Å². The second-order valence-corrected chi connectivity index (χ2v) is 6.58. The summed E-state index contributed by atoms with van der Waals surface area (Å²) in [4.78, 5) is 0. The van der Waals surface area contributed by atoms with Gasteiger partial charge in [-0.2, -0.15) is 0 Å². The van der Waals surface area contributed by atoms with E-state index >= 15 is 0 Å². The van der Waals surface area contributed by atoms with E-state index in [1.165, 1.54) is 0 Å². The summed E-state index contributed by atoms with van der Waals surface area (Å²) < 4.78 is 8.32. The Morgan fingerprint density at radius 2 is 1.80 bits per heavy atom. The fraction of sp³-hybridized carbons (Fsp3) is 0.250. The minimum atomic E-state index is -0.161. The van der Waals surface area contributed by atoms with Crippen molar-refractivity contribution in [3.63, 3.8) is 0 Å². The lowest BCUT2D eigenvalue weighted by Gasteiger charge is -2.26. The van der Waals surface area contributed by atoms with Gasteiger partial charge >= 0.3 is 0 Å². The second kappa shape index (κ2) is 7.43. The van der Waals surface area contributed by atoms with Crippen LogP contribution in [0.2, 0.25) is 0 Å². The maximum Gasteiger partial charge on any atom is 0.140 e. The summed E-state index contributed by atoms with van der Waals surface area (Å²) >= 11 is 5.87. The first kappa shape index (κ1) is 15.8. The summed E-state index contributed by atoms with van der Waals surface area (Å²) in [5.74, 6) is 0.873. The number of rotatable bonds is 5. The lowest BCUT2D eigenvalue weighted by molar-refractivity contribution is 0.169. The van der Waals surface area contributed by atoms with E-state index in [9.17, 15) is 0 Å². The number of ether oxygens (including phenoxy) is 1. The SMILES string of the molecule is CCC(N)C(Oc1ccccc1I)c1ccccc1Br. The predicted octanol–water partition coefficient (Wildman–Crippen LogP) is 4.91. The second-order valence-electron chi connectivity index (χ2n) is 4.56. The number of halogens is 2. The van der Waals surface area contributed by atoms with Crippen LogP contribution < -0.4 is 10.5 Å². The summed E-state index contributed by atoms with van der Waals surface area (Å²) in [5, 5.41) is 0. The normalized spacial score (nSPS) is 13.8. The average molecular weight is 446 g/mol. The molecular formula is C16H17BrINO. The van der Waals surface area contributed by atoms with Crippen LogP contribution in [0.15, 0.2) is 53.0 Å². The molecule has 0 saturated heterocycles. The highest BCUT2D eigenvalue weighted by Crippen LogP contribution is 2.32. The molecule has 2 atom stereocenters. The number of nitrogens with two attached hydrogens (primary N) is 1.